The first kappa shape index (κ1) is 16.3. The van der Waals surface area contributed by atoms with Crippen LogP contribution in [0, 0.1) is 11.7 Å². The van der Waals surface area contributed by atoms with Gasteiger partial charge in [0.2, 0.25) is 0 Å². The Morgan fingerprint density at radius 3 is 2.86 bits per heavy atom. The first-order valence-corrected chi connectivity index (χ1v) is 7.43. The summed E-state index contributed by atoms with van der Waals surface area (Å²) in [5, 5.41) is 8.72. The van der Waals surface area contributed by atoms with Gasteiger partial charge in [0.15, 0.2) is 18.2 Å². The lowest BCUT2D eigenvalue weighted by atomic mass is 9.93. The van der Waals surface area contributed by atoms with Crippen LogP contribution >= 0.6 is 0 Å². The first-order chi connectivity index (χ1) is 10.6. The molecule has 0 saturated carbocycles. The van der Waals surface area contributed by atoms with Gasteiger partial charge in [-0.2, -0.15) is 0 Å². The molecule has 5 nitrogen and oxygen atoms in total. The monoisotopic (exact) mass is 309 g/mol. The Morgan fingerprint density at radius 2 is 2.14 bits per heavy atom. The first-order valence-electron chi connectivity index (χ1n) is 7.43. The van der Waals surface area contributed by atoms with Gasteiger partial charge in [-0.3, -0.25) is 9.59 Å². The molecule has 1 fully saturated rings. The Morgan fingerprint density at radius 1 is 1.36 bits per heavy atom. The van der Waals surface area contributed by atoms with Crippen LogP contribution in [0.5, 0.6) is 5.75 Å². The molecule has 6 heteroatoms. The second-order valence-corrected chi connectivity index (χ2v) is 5.50. The largest absolute Gasteiger partial charge is 0.481 e. The topological polar surface area (TPSA) is 66.8 Å². The minimum absolute atomic E-state index is 0.0651. The Hall–Kier alpha value is -2.11. The van der Waals surface area contributed by atoms with E-state index in [9.17, 15) is 14.0 Å². The molecule has 2 rings (SSSR count). The van der Waals surface area contributed by atoms with Gasteiger partial charge >= 0.3 is 5.97 Å². The molecule has 1 atom stereocenters. The maximum atomic E-state index is 13.4. The summed E-state index contributed by atoms with van der Waals surface area (Å²) in [6.45, 7) is 0.988. The third-order valence-electron chi connectivity index (χ3n) is 3.83. The number of ether oxygens (including phenoxy) is 1. The van der Waals surface area contributed by atoms with E-state index in [0.717, 1.165) is 12.8 Å². The molecular weight excluding hydrogens is 289 g/mol. The second kappa shape index (κ2) is 7.77. The predicted octanol–water partition coefficient (Wildman–Crippen LogP) is 2.31. The molecule has 1 heterocycles. The quantitative estimate of drug-likeness (QED) is 0.875. The van der Waals surface area contributed by atoms with Crippen molar-refractivity contribution in [2.45, 2.75) is 25.7 Å². The number of benzene rings is 1. The van der Waals surface area contributed by atoms with Gasteiger partial charge in [0.1, 0.15) is 0 Å². The van der Waals surface area contributed by atoms with E-state index in [2.05, 4.69) is 0 Å². The Labute approximate surface area is 128 Å². The Bertz CT molecular complexity index is 535. The number of likely N-dealkylation sites (tertiary alicyclic amines) is 1. The van der Waals surface area contributed by atoms with Crippen LogP contribution in [-0.2, 0) is 9.59 Å². The second-order valence-electron chi connectivity index (χ2n) is 5.50. The van der Waals surface area contributed by atoms with Crippen LogP contribution in [0.25, 0.3) is 0 Å². The van der Waals surface area contributed by atoms with E-state index in [1.165, 1.54) is 12.1 Å². The zero-order valence-electron chi connectivity index (χ0n) is 12.3. The number of piperidine rings is 1. The Kier molecular flexibility index (Phi) is 5.75. The fraction of sp³-hybridized carbons (Fsp3) is 0.500. The van der Waals surface area contributed by atoms with Gasteiger partial charge in [-0.15, -0.1) is 0 Å². The van der Waals surface area contributed by atoms with Crippen molar-refractivity contribution >= 4 is 11.9 Å². The molecule has 1 amide bonds. The molecule has 1 aromatic rings. The molecular formula is C16H20FNO4. The molecule has 1 saturated heterocycles. The van der Waals surface area contributed by atoms with Gasteiger partial charge in [-0.25, -0.2) is 4.39 Å². The lowest BCUT2D eigenvalue weighted by molar-refractivity contribution is -0.137. The average Bonchev–Trinajstić information content (AvgIpc) is 2.52. The number of amides is 1. The lowest BCUT2D eigenvalue weighted by Gasteiger charge is -2.32. The molecule has 1 aliphatic rings. The highest BCUT2D eigenvalue weighted by atomic mass is 19.1. The van der Waals surface area contributed by atoms with Gasteiger partial charge < -0.3 is 14.7 Å². The van der Waals surface area contributed by atoms with E-state index < -0.39 is 11.8 Å². The number of halogens is 1. The molecule has 0 aromatic heterocycles. The summed E-state index contributed by atoms with van der Waals surface area (Å²) in [4.78, 5) is 24.4. The molecule has 1 N–H and O–H groups in total. The SMILES string of the molecule is O=C(O)CCC1CCCN(C(=O)COc2ccccc2F)C1. The fourth-order valence-electron chi connectivity index (χ4n) is 2.65. The highest BCUT2D eigenvalue weighted by Crippen LogP contribution is 2.21. The molecule has 1 unspecified atom stereocenters. The number of hydrogen-bond acceptors (Lipinski definition) is 3. The maximum absolute atomic E-state index is 13.4. The van der Waals surface area contributed by atoms with Crippen molar-refractivity contribution in [3.05, 3.63) is 30.1 Å². The van der Waals surface area contributed by atoms with Gasteiger partial charge in [0, 0.05) is 19.5 Å². The fourth-order valence-corrected chi connectivity index (χ4v) is 2.65. The number of nitrogens with zero attached hydrogens (tertiary/aromatic N) is 1. The van der Waals surface area contributed by atoms with Gasteiger partial charge in [0.25, 0.3) is 5.91 Å². The lowest BCUT2D eigenvalue weighted by Crippen LogP contribution is -2.42. The van der Waals surface area contributed by atoms with Crippen molar-refractivity contribution in [3.8, 4) is 5.75 Å². The van der Waals surface area contributed by atoms with E-state index >= 15 is 0 Å². The number of carbonyl (C=O) groups excluding carboxylic acids is 1. The standard InChI is InChI=1S/C16H20FNO4/c17-13-5-1-2-6-14(13)22-11-15(19)18-9-3-4-12(10-18)7-8-16(20)21/h1-2,5-6,12H,3-4,7-11H2,(H,20,21). The van der Waals surface area contributed by atoms with E-state index in [-0.39, 0.29) is 30.6 Å². The number of carboxylic acids is 1. The summed E-state index contributed by atoms with van der Waals surface area (Å²) in [7, 11) is 0. The number of carbonyl (C=O) groups is 2. The third kappa shape index (κ3) is 4.72. The molecule has 0 aliphatic carbocycles. The predicted molar refractivity (Wildman–Crippen MR) is 78.1 cm³/mol. The van der Waals surface area contributed by atoms with Crippen molar-refractivity contribution in [2.75, 3.05) is 19.7 Å². The van der Waals surface area contributed by atoms with Crippen molar-refractivity contribution in [1.29, 1.82) is 0 Å². The highest BCUT2D eigenvalue weighted by molar-refractivity contribution is 5.77. The zero-order chi connectivity index (χ0) is 15.9. The average molecular weight is 309 g/mol. The number of rotatable bonds is 6. The number of para-hydroxylation sites is 1. The third-order valence-corrected chi connectivity index (χ3v) is 3.83. The molecule has 0 spiro atoms. The van der Waals surface area contributed by atoms with E-state index in [4.69, 9.17) is 9.84 Å². The van der Waals surface area contributed by atoms with Crippen molar-refractivity contribution in [2.24, 2.45) is 5.92 Å². The van der Waals surface area contributed by atoms with Crippen LogP contribution in [0.15, 0.2) is 24.3 Å². The van der Waals surface area contributed by atoms with Gasteiger partial charge in [-0.05, 0) is 37.3 Å². The highest BCUT2D eigenvalue weighted by Gasteiger charge is 2.24. The molecule has 0 bridgehead atoms. The number of hydrogen-bond donors (Lipinski definition) is 1. The molecule has 22 heavy (non-hydrogen) atoms. The molecule has 120 valence electrons. The van der Waals surface area contributed by atoms with Crippen LogP contribution in [0.3, 0.4) is 0 Å². The van der Waals surface area contributed by atoms with Gasteiger partial charge in [-0.1, -0.05) is 12.1 Å². The number of carboxylic acid groups (broad SMARTS) is 1. The normalized spacial score (nSPS) is 18.0. The Balaban J connectivity index is 1.81. The summed E-state index contributed by atoms with van der Waals surface area (Å²) in [5.41, 5.74) is 0. The van der Waals surface area contributed by atoms with Crippen LogP contribution in [0.1, 0.15) is 25.7 Å². The van der Waals surface area contributed by atoms with Crippen LogP contribution in [0.4, 0.5) is 4.39 Å². The minimum atomic E-state index is -0.814. The van der Waals surface area contributed by atoms with Crippen LogP contribution in [0.2, 0.25) is 0 Å². The summed E-state index contributed by atoms with van der Waals surface area (Å²) >= 11 is 0. The molecule has 1 aromatic carbocycles. The van der Waals surface area contributed by atoms with E-state index in [1.807, 2.05) is 0 Å². The number of aliphatic carboxylic acids is 1. The van der Waals surface area contributed by atoms with E-state index in [1.54, 1.807) is 17.0 Å². The summed E-state index contributed by atoms with van der Waals surface area (Å²) in [5.74, 6) is -1.22. The minimum Gasteiger partial charge on any atom is -0.481 e. The molecule has 1 aliphatic heterocycles. The van der Waals surface area contributed by atoms with Crippen molar-refractivity contribution in [3.63, 3.8) is 0 Å². The van der Waals surface area contributed by atoms with Gasteiger partial charge in [0.05, 0.1) is 0 Å². The van der Waals surface area contributed by atoms with E-state index in [0.29, 0.717) is 19.5 Å². The van der Waals surface area contributed by atoms with Crippen molar-refractivity contribution < 1.29 is 23.8 Å². The summed E-state index contributed by atoms with van der Waals surface area (Å²) < 4.78 is 18.6. The smallest absolute Gasteiger partial charge is 0.303 e. The zero-order valence-corrected chi connectivity index (χ0v) is 12.3. The van der Waals surface area contributed by atoms with Crippen molar-refractivity contribution in [1.82, 2.24) is 4.90 Å². The molecule has 0 radical (unpaired) electrons. The maximum Gasteiger partial charge on any atom is 0.303 e. The summed E-state index contributed by atoms with van der Waals surface area (Å²) in [6, 6.07) is 5.96. The van der Waals surface area contributed by atoms with Crippen LogP contribution < -0.4 is 4.74 Å². The summed E-state index contributed by atoms with van der Waals surface area (Å²) in [6.07, 6.45) is 2.49. The van der Waals surface area contributed by atoms with Crippen LogP contribution in [-0.4, -0.2) is 41.6 Å².